The van der Waals surface area contributed by atoms with E-state index in [9.17, 15) is 5.11 Å². The van der Waals surface area contributed by atoms with Gasteiger partial charge in [-0.15, -0.1) is 0 Å². The number of aryl methyl sites for hydroxylation is 1. The Morgan fingerprint density at radius 2 is 2.56 bits per heavy atom. The summed E-state index contributed by atoms with van der Waals surface area (Å²) in [5.41, 5.74) is 0.773. The highest BCUT2D eigenvalue weighted by atomic mass is 16.5. The molecule has 2 rings (SSSR count). The molecule has 1 fully saturated rings. The first-order valence-electron chi connectivity index (χ1n) is 6.05. The molecule has 0 radical (unpaired) electrons. The summed E-state index contributed by atoms with van der Waals surface area (Å²) in [5, 5.41) is 14.1. The van der Waals surface area contributed by atoms with Gasteiger partial charge in [0, 0.05) is 19.9 Å². The fraction of sp³-hybridized carbons (Fsp3) is 0.750. The van der Waals surface area contributed by atoms with Crippen molar-refractivity contribution in [1.29, 1.82) is 0 Å². The van der Waals surface area contributed by atoms with E-state index < -0.39 is 6.10 Å². The lowest BCUT2D eigenvalue weighted by molar-refractivity contribution is 0.0938. The number of rotatable bonds is 5. The molecule has 2 atom stereocenters. The van der Waals surface area contributed by atoms with Crippen molar-refractivity contribution in [2.24, 2.45) is 7.05 Å². The lowest BCUT2D eigenvalue weighted by atomic mass is 10.1. The maximum atomic E-state index is 9.89. The maximum absolute atomic E-state index is 9.89. The van der Waals surface area contributed by atoms with Gasteiger partial charge in [0.2, 0.25) is 0 Å². The Kier molecular flexibility index (Phi) is 3.96. The Balaban J connectivity index is 1.69. The first kappa shape index (κ1) is 11.6. The van der Waals surface area contributed by atoms with Crippen molar-refractivity contribution in [1.82, 2.24) is 9.78 Å². The van der Waals surface area contributed by atoms with Crippen LogP contribution in [0.1, 0.15) is 43.9 Å². The van der Waals surface area contributed by atoms with E-state index in [1.54, 1.807) is 4.68 Å². The predicted molar refractivity (Wildman–Crippen MR) is 61.0 cm³/mol. The predicted octanol–water partition coefficient (Wildman–Crippen LogP) is 1.80. The molecule has 4 nitrogen and oxygen atoms in total. The molecular weight excluding hydrogens is 204 g/mol. The molecule has 2 unspecified atom stereocenters. The van der Waals surface area contributed by atoms with Crippen molar-refractivity contribution in [3.8, 4) is 0 Å². The molecule has 0 aromatic carbocycles. The summed E-state index contributed by atoms with van der Waals surface area (Å²) < 4.78 is 7.26. The summed E-state index contributed by atoms with van der Waals surface area (Å²) in [5.74, 6) is 0. The first-order valence-corrected chi connectivity index (χ1v) is 6.05. The summed E-state index contributed by atoms with van der Waals surface area (Å²) in [6.45, 7) is 0.910. The molecule has 1 aromatic heterocycles. The van der Waals surface area contributed by atoms with Gasteiger partial charge >= 0.3 is 0 Å². The monoisotopic (exact) mass is 224 g/mol. The molecule has 0 aliphatic carbocycles. The van der Waals surface area contributed by atoms with E-state index in [4.69, 9.17) is 4.74 Å². The number of aliphatic hydroxyl groups excluding tert-OH is 1. The molecule has 1 N–H and O–H groups in total. The molecule has 1 aromatic rings. The van der Waals surface area contributed by atoms with Gasteiger partial charge in [-0.25, -0.2) is 0 Å². The van der Waals surface area contributed by atoms with Crippen molar-refractivity contribution in [3.63, 3.8) is 0 Å². The van der Waals surface area contributed by atoms with Crippen LogP contribution < -0.4 is 0 Å². The molecular formula is C12H20N2O2. The summed E-state index contributed by atoms with van der Waals surface area (Å²) in [7, 11) is 1.86. The summed E-state index contributed by atoms with van der Waals surface area (Å²) in [6, 6.07) is 1.87. The number of hydrogen-bond donors (Lipinski definition) is 1. The standard InChI is InChI=1S/C12H20N2O2/c1-14-8-7-11(13-14)12(15)6-2-4-10-5-3-9-16-10/h7-8,10,12,15H,2-6,9H2,1H3. The van der Waals surface area contributed by atoms with E-state index in [0.29, 0.717) is 6.10 Å². The maximum Gasteiger partial charge on any atom is 0.0978 e. The van der Waals surface area contributed by atoms with Crippen molar-refractivity contribution < 1.29 is 9.84 Å². The zero-order valence-corrected chi connectivity index (χ0v) is 9.80. The normalized spacial score (nSPS) is 22.5. The largest absolute Gasteiger partial charge is 0.387 e. The highest BCUT2D eigenvalue weighted by molar-refractivity contribution is 5.02. The van der Waals surface area contributed by atoms with Crippen LogP contribution in [0.5, 0.6) is 0 Å². The van der Waals surface area contributed by atoms with Crippen LogP contribution in [0.3, 0.4) is 0 Å². The molecule has 0 spiro atoms. The third-order valence-corrected chi connectivity index (χ3v) is 3.10. The highest BCUT2D eigenvalue weighted by Gasteiger charge is 2.16. The Bertz CT molecular complexity index is 319. The molecule has 4 heteroatoms. The van der Waals surface area contributed by atoms with E-state index in [1.165, 1.54) is 12.8 Å². The van der Waals surface area contributed by atoms with Crippen LogP contribution in [0.2, 0.25) is 0 Å². The average Bonchev–Trinajstić information content (AvgIpc) is 2.89. The zero-order valence-electron chi connectivity index (χ0n) is 9.80. The molecule has 0 amide bonds. The fourth-order valence-corrected chi connectivity index (χ4v) is 2.17. The molecule has 90 valence electrons. The van der Waals surface area contributed by atoms with E-state index in [0.717, 1.165) is 31.6 Å². The lowest BCUT2D eigenvalue weighted by Gasteiger charge is -2.11. The Labute approximate surface area is 96.2 Å². The highest BCUT2D eigenvalue weighted by Crippen LogP contribution is 2.22. The van der Waals surface area contributed by atoms with E-state index in [2.05, 4.69) is 5.10 Å². The SMILES string of the molecule is Cn1ccc(C(O)CCCC2CCCO2)n1. The Morgan fingerprint density at radius 3 is 3.19 bits per heavy atom. The quantitative estimate of drug-likeness (QED) is 0.829. The van der Waals surface area contributed by atoms with Crippen LogP contribution in [0.4, 0.5) is 0 Å². The summed E-state index contributed by atoms with van der Waals surface area (Å²) in [6.07, 6.45) is 7.06. The van der Waals surface area contributed by atoms with Crippen LogP contribution in [-0.2, 0) is 11.8 Å². The second kappa shape index (κ2) is 5.46. The third-order valence-electron chi connectivity index (χ3n) is 3.10. The van der Waals surface area contributed by atoms with Crippen molar-refractivity contribution in [2.45, 2.75) is 44.3 Å². The van der Waals surface area contributed by atoms with Gasteiger partial charge in [0.1, 0.15) is 0 Å². The molecule has 1 saturated heterocycles. The first-order chi connectivity index (χ1) is 7.75. The van der Waals surface area contributed by atoms with Crippen LogP contribution in [0.15, 0.2) is 12.3 Å². The Morgan fingerprint density at radius 1 is 1.69 bits per heavy atom. The van der Waals surface area contributed by atoms with Gasteiger partial charge in [0.25, 0.3) is 0 Å². The van der Waals surface area contributed by atoms with Gasteiger partial charge in [-0.2, -0.15) is 5.10 Å². The van der Waals surface area contributed by atoms with Crippen molar-refractivity contribution in [3.05, 3.63) is 18.0 Å². The molecule has 1 aliphatic heterocycles. The van der Waals surface area contributed by atoms with Crippen molar-refractivity contribution >= 4 is 0 Å². The topological polar surface area (TPSA) is 47.3 Å². The average molecular weight is 224 g/mol. The van der Waals surface area contributed by atoms with E-state index in [-0.39, 0.29) is 0 Å². The summed E-state index contributed by atoms with van der Waals surface area (Å²) in [4.78, 5) is 0. The van der Waals surface area contributed by atoms with Gasteiger partial charge in [-0.1, -0.05) is 0 Å². The van der Waals surface area contributed by atoms with E-state index in [1.807, 2.05) is 19.3 Å². The number of nitrogens with zero attached hydrogens (tertiary/aromatic N) is 2. The molecule has 1 aliphatic rings. The summed E-state index contributed by atoms with van der Waals surface area (Å²) >= 11 is 0. The zero-order chi connectivity index (χ0) is 11.4. The van der Waals surface area contributed by atoms with Crippen LogP contribution >= 0.6 is 0 Å². The van der Waals surface area contributed by atoms with Gasteiger partial charge in [0.15, 0.2) is 0 Å². The minimum absolute atomic E-state index is 0.427. The minimum atomic E-state index is -0.428. The van der Waals surface area contributed by atoms with Crippen LogP contribution in [0.25, 0.3) is 0 Å². The second-order valence-corrected chi connectivity index (χ2v) is 4.50. The molecule has 0 saturated carbocycles. The van der Waals surface area contributed by atoms with Crippen molar-refractivity contribution in [2.75, 3.05) is 6.61 Å². The second-order valence-electron chi connectivity index (χ2n) is 4.50. The van der Waals surface area contributed by atoms with Crippen LogP contribution in [0, 0.1) is 0 Å². The third kappa shape index (κ3) is 3.06. The minimum Gasteiger partial charge on any atom is -0.387 e. The lowest BCUT2D eigenvalue weighted by Crippen LogP contribution is -2.06. The number of hydrogen-bond acceptors (Lipinski definition) is 3. The number of aromatic nitrogens is 2. The van der Waals surface area contributed by atoms with Gasteiger partial charge in [0.05, 0.1) is 17.9 Å². The van der Waals surface area contributed by atoms with E-state index >= 15 is 0 Å². The fourth-order valence-electron chi connectivity index (χ4n) is 2.17. The molecule has 0 bridgehead atoms. The van der Waals surface area contributed by atoms with Gasteiger partial charge in [-0.3, -0.25) is 4.68 Å². The molecule has 16 heavy (non-hydrogen) atoms. The van der Waals surface area contributed by atoms with Gasteiger partial charge in [-0.05, 0) is 38.2 Å². The number of aliphatic hydroxyl groups is 1. The van der Waals surface area contributed by atoms with Crippen LogP contribution in [-0.4, -0.2) is 27.6 Å². The molecule has 2 heterocycles. The smallest absolute Gasteiger partial charge is 0.0978 e. The number of ether oxygens (including phenoxy) is 1. The van der Waals surface area contributed by atoms with Gasteiger partial charge < -0.3 is 9.84 Å². The Hall–Kier alpha value is -0.870.